The Morgan fingerprint density at radius 1 is 1.14 bits per heavy atom. The molecule has 1 nitrogen and oxygen atoms in total. The number of halogens is 2. The Morgan fingerprint density at radius 2 is 1.57 bits per heavy atom. The van der Waals surface area contributed by atoms with Gasteiger partial charge in [-0.3, -0.25) is 0 Å². The van der Waals surface area contributed by atoms with E-state index in [0.717, 1.165) is 14.5 Å². The maximum absolute atomic E-state index is 6.28. The zero-order valence-electron chi connectivity index (χ0n) is 8.64. The van der Waals surface area contributed by atoms with Crippen LogP contribution in [0.25, 0.3) is 0 Å². The van der Waals surface area contributed by atoms with Gasteiger partial charge >= 0.3 is 0 Å². The van der Waals surface area contributed by atoms with Crippen LogP contribution in [0.1, 0.15) is 26.3 Å². The minimum atomic E-state index is -0.285. The molecule has 1 atom stereocenters. The van der Waals surface area contributed by atoms with Crippen LogP contribution in [0.5, 0.6) is 0 Å². The van der Waals surface area contributed by atoms with Crippen molar-refractivity contribution in [3.8, 4) is 0 Å². The third kappa shape index (κ3) is 2.59. The van der Waals surface area contributed by atoms with Gasteiger partial charge in [-0.1, -0.05) is 45.7 Å². The van der Waals surface area contributed by atoms with E-state index in [-0.39, 0.29) is 5.54 Å². The van der Waals surface area contributed by atoms with Crippen molar-refractivity contribution >= 4 is 31.9 Å². The number of hydrogen-bond acceptors (Lipinski definition) is 1. The Bertz CT molecular complexity index is 312. The lowest BCUT2D eigenvalue weighted by atomic mass is 9.83. The lowest BCUT2D eigenvalue weighted by molar-refractivity contribution is 0.350. The molecule has 0 aliphatic heterocycles. The van der Waals surface area contributed by atoms with Crippen molar-refractivity contribution in [2.45, 2.75) is 26.3 Å². The molecule has 0 unspecified atom stereocenters. The highest BCUT2D eigenvalue weighted by Crippen LogP contribution is 2.30. The topological polar surface area (TPSA) is 26.0 Å². The number of nitrogens with two attached hydrogens (primary N) is 1. The van der Waals surface area contributed by atoms with E-state index in [4.69, 9.17) is 5.73 Å². The van der Waals surface area contributed by atoms with E-state index in [2.05, 4.69) is 64.8 Å². The lowest BCUT2D eigenvalue weighted by Crippen LogP contribution is -2.38. The summed E-state index contributed by atoms with van der Waals surface area (Å²) >= 11 is 6.94. The molecule has 0 saturated carbocycles. The van der Waals surface area contributed by atoms with Gasteiger partial charge in [0.15, 0.2) is 0 Å². The van der Waals surface area contributed by atoms with Crippen molar-refractivity contribution in [3.05, 3.63) is 32.7 Å². The fraction of sp³-hybridized carbons (Fsp3) is 0.455. The van der Waals surface area contributed by atoms with Crippen molar-refractivity contribution in [2.24, 2.45) is 11.7 Å². The summed E-state index contributed by atoms with van der Waals surface area (Å²) < 4.78 is 2.11. The molecule has 0 spiro atoms. The monoisotopic (exact) mass is 319 g/mol. The van der Waals surface area contributed by atoms with Crippen molar-refractivity contribution < 1.29 is 0 Å². The van der Waals surface area contributed by atoms with E-state index in [0.29, 0.717) is 5.92 Å². The summed E-state index contributed by atoms with van der Waals surface area (Å²) in [5.41, 5.74) is 7.14. The molecule has 1 aromatic rings. The van der Waals surface area contributed by atoms with Crippen molar-refractivity contribution in [1.29, 1.82) is 0 Å². The Morgan fingerprint density at radius 3 is 1.93 bits per heavy atom. The fourth-order valence-corrected chi connectivity index (χ4v) is 2.49. The van der Waals surface area contributed by atoms with Gasteiger partial charge in [-0.2, -0.15) is 0 Å². The summed E-state index contributed by atoms with van der Waals surface area (Å²) in [6.07, 6.45) is 0. The summed E-state index contributed by atoms with van der Waals surface area (Å²) in [6, 6.07) is 6.16. The molecular weight excluding hydrogens is 306 g/mol. The van der Waals surface area contributed by atoms with E-state index in [1.54, 1.807) is 0 Å². The second kappa shape index (κ2) is 4.33. The summed E-state index contributed by atoms with van der Waals surface area (Å²) in [7, 11) is 0. The van der Waals surface area contributed by atoms with E-state index >= 15 is 0 Å². The number of hydrogen-bond donors (Lipinski definition) is 1. The maximum atomic E-state index is 6.28. The average Bonchev–Trinajstić information content (AvgIpc) is 2.01. The highest BCUT2D eigenvalue weighted by atomic mass is 79.9. The van der Waals surface area contributed by atoms with Crippen LogP contribution in [-0.4, -0.2) is 0 Å². The maximum Gasteiger partial charge on any atom is 0.0405 e. The Kier molecular flexibility index (Phi) is 3.78. The molecule has 0 aliphatic rings. The highest BCUT2D eigenvalue weighted by molar-refractivity contribution is 9.11. The second-order valence-corrected chi connectivity index (χ2v) is 5.93. The molecule has 0 bridgehead atoms. The zero-order chi connectivity index (χ0) is 10.9. The largest absolute Gasteiger partial charge is 0.321 e. The molecular formula is C11H15Br2N. The standard InChI is InChI=1S/C11H15Br2N/c1-7(2)11(3,14)8-4-9(12)6-10(13)5-8/h4-7H,14H2,1-3H3/t11-/m1/s1. The highest BCUT2D eigenvalue weighted by Gasteiger charge is 2.25. The van der Waals surface area contributed by atoms with E-state index < -0.39 is 0 Å². The van der Waals surface area contributed by atoms with Gasteiger partial charge in [0.1, 0.15) is 0 Å². The first kappa shape index (κ1) is 12.2. The predicted octanol–water partition coefficient (Wildman–Crippen LogP) is 4.04. The molecule has 0 heterocycles. The molecule has 14 heavy (non-hydrogen) atoms. The van der Waals surface area contributed by atoms with Crippen LogP contribution in [0, 0.1) is 5.92 Å². The average molecular weight is 321 g/mol. The van der Waals surface area contributed by atoms with Gasteiger partial charge in [0, 0.05) is 14.5 Å². The smallest absolute Gasteiger partial charge is 0.0405 e. The Labute approximate surface area is 102 Å². The molecule has 78 valence electrons. The summed E-state index contributed by atoms with van der Waals surface area (Å²) in [4.78, 5) is 0. The van der Waals surface area contributed by atoms with Crippen LogP contribution in [-0.2, 0) is 5.54 Å². The fourth-order valence-electron chi connectivity index (χ4n) is 1.20. The van der Waals surface area contributed by atoms with Crippen LogP contribution >= 0.6 is 31.9 Å². The van der Waals surface area contributed by atoms with Gasteiger partial charge in [0.2, 0.25) is 0 Å². The summed E-state index contributed by atoms with van der Waals surface area (Å²) in [5, 5.41) is 0. The van der Waals surface area contributed by atoms with Crippen LogP contribution in [0.4, 0.5) is 0 Å². The minimum Gasteiger partial charge on any atom is -0.321 e. The first-order valence-corrected chi connectivity index (χ1v) is 6.18. The summed E-state index contributed by atoms with van der Waals surface area (Å²) in [6.45, 7) is 6.33. The summed E-state index contributed by atoms with van der Waals surface area (Å²) in [5.74, 6) is 0.406. The second-order valence-electron chi connectivity index (χ2n) is 4.10. The predicted molar refractivity (Wildman–Crippen MR) is 68.2 cm³/mol. The third-order valence-corrected chi connectivity index (χ3v) is 3.60. The lowest BCUT2D eigenvalue weighted by Gasteiger charge is -2.30. The van der Waals surface area contributed by atoms with Crippen molar-refractivity contribution in [2.75, 3.05) is 0 Å². The van der Waals surface area contributed by atoms with Gasteiger partial charge in [-0.15, -0.1) is 0 Å². The molecule has 0 aromatic heterocycles. The Hall–Kier alpha value is 0.140. The number of rotatable bonds is 2. The van der Waals surface area contributed by atoms with Crippen LogP contribution in [0.3, 0.4) is 0 Å². The van der Waals surface area contributed by atoms with Crippen LogP contribution < -0.4 is 5.73 Å². The van der Waals surface area contributed by atoms with Crippen molar-refractivity contribution in [1.82, 2.24) is 0 Å². The molecule has 2 N–H and O–H groups in total. The minimum absolute atomic E-state index is 0.285. The van der Waals surface area contributed by atoms with Crippen LogP contribution in [0.2, 0.25) is 0 Å². The molecule has 0 saturated heterocycles. The van der Waals surface area contributed by atoms with E-state index in [1.165, 1.54) is 0 Å². The molecule has 0 amide bonds. The van der Waals surface area contributed by atoms with Gasteiger partial charge in [-0.25, -0.2) is 0 Å². The first-order chi connectivity index (χ1) is 6.34. The third-order valence-electron chi connectivity index (χ3n) is 2.68. The van der Waals surface area contributed by atoms with Crippen LogP contribution in [0.15, 0.2) is 27.1 Å². The number of benzene rings is 1. The molecule has 0 fully saturated rings. The molecule has 3 heteroatoms. The normalized spacial score (nSPS) is 15.6. The molecule has 1 rings (SSSR count). The van der Waals surface area contributed by atoms with Gasteiger partial charge in [0.25, 0.3) is 0 Å². The van der Waals surface area contributed by atoms with Gasteiger partial charge < -0.3 is 5.73 Å². The Balaban J connectivity index is 3.18. The van der Waals surface area contributed by atoms with Crippen molar-refractivity contribution in [3.63, 3.8) is 0 Å². The zero-order valence-corrected chi connectivity index (χ0v) is 11.8. The van der Waals surface area contributed by atoms with Gasteiger partial charge in [0.05, 0.1) is 0 Å². The first-order valence-electron chi connectivity index (χ1n) is 4.59. The van der Waals surface area contributed by atoms with E-state index in [9.17, 15) is 0 Å². The molecule has 1 aromatic carbocycles. The molecule has 0 radical (unpaired) electrons. The quantitative estimate of drug-likeness (QED) is 0.874. The molecule has 0 aliphatic carbocycles. The SMILES string of the molecule is CC(C)[C@@](C)(N)c1cc(Br)cc(Br)c1. The van der Waals surface area contributed by atoms with E-state index in [1.807, 2.05) is 6.07 Å². The van der Waals surface area contributed by atoms with Gasteiger partial charge in [-0.05, 0) is 36.6 Å².